The largest absolute Gasteiger partial charge is 0.423 e. The number of esters is 1. The Morgan fingerprint density at radius 3 is 2.20 bits per heavy atom. The standard InChI is InChI=1S/C18H20ClNO4S/c1-4-20(5-2)25(22,23)16-9-6-14(7-10-16)18(21)24-17-11-8-15(19)12-13(17)3/h6-12H,4-5H2,1-3H3. The molecule has 7 heteroatoms. The highest BCUT2D eigenvalue weighted by Gasteiger charge is 2.22. The first-order chi connectivity index (χ1) is 11.8. The third-order valence-corrected chi connectivity index (χ3v) is 6.07. The van der Waals surface area contributed by atoms with Crippen molar-refractivity contribution in [3.8, 4) is 5.75 Å². The molecule has 2 aromatic rings. The number of carbonyl (C=O) groups is 1. The lowest BCUT2D eigenvalue weighted by Crippen LogP contribution is -2.30. The molecule has 0 N–H and O–H groups in total. The summed E-state index contributed by atoms with van der Waals surface area (Å²) in [5.41, 5.74) is 1.01. The third-order valence-electron chi connectivity index (χ3n) is 3.77. The van der Waals surface area contributed by atoms with Crippen LogP contribution in [-0.2, 0) is 10.0 Å². The van der Waals surface area contributed by atoms with Gasteiger partial charge in [0.2, 0.25) is 10.0 Å². The van der Waals surface area contributed by atoms with Gasteiger partial charge in [-0.25, -0.2) is 13.2 Å². The van der Waals surface area contributed by atoms with Crippen molar-refractivity contribution in [1.82, 2.24) is 4.31 Å². The Kier molecular flexibility index (Phi) is 6.21. The minimum Gasteiger partial charge on any atom is -0.423 e. The molecule has 0 aliphatic heterocycles. The predicted octanol–water partition coefficient (Wildman–Crippen LogP) is 3.90. The zero-order valence-corrected chi connectivity index (χ0v) is 15.9. The molecule has 25 heavy (non-hydrogen) atoms. The van der Waals surface area contributed by atoms with Gasteiger partial charge in [0.15, 0.2) is 0 Å². The van der Waals surface area contributed by atoms with E-state index in [0.717, 1.165) is 5.56 Å². The molecule has 0 unspecified atom stereocenters. The third kappa shape index (κ3) is 4.39. The predicted molar refractivity (Wildman–Crippen MR) is 97.7 cm³/mol. The smallest absolute Gasteiger partial charge is 0.343 e. The number of ether oxygens (including phenoxy) is 1. The first-order valence-electron chi connectivity index (χ1n) is 7.88. The summed E-state index contributed by atoms with van der Waals surface area (Å²) in [6.45, 7) is 6.12. The Balaban J connectivity index is 2.20. The molecule has 5 nitrogen and oxygen atoms in total. The molecule has 2 aromatic carbocycles. The van der Waals surface area contributed by atoms with Gasteiger partial charge in [0.1, 0.15) is 5.75 Å². The van der Waals surface area contributed by atoms with E-state index >= 15 is 0 Å². The Bertz CT molecular complexity index is 859. The molecule has 0 amide bonds. The molecule has 0 bridgehead atoms. The lowest BCUT2D eigenvalue weighted by molar-refractivity contribution is 0.0733. The normalized spacial score (nSPS) is 11.6. The second-order valence-corrected chi connectivity index (χ2v) is 7.79. The number of carbonyl (C=O) groups excluding carboxylic acids is 1. The molecular formula is C18H20ClNO4S. The fraction of sp³-hybridized carbons (Fsp3) is 0.278. The van der Waals surface area contributed by atoms with Gasteiger partial charge in [0.25, 0.3) is 0 Å². The van der Waals surface area contributed by atoms with Crippen LogP contribution in [0.1, 0.15) is 29.8 Å². The maximum absolute atomic E-state index is 12.4. The van der Waals surface area contributed by atoms with Gasteiger partial charge in [-0.2, -0.15) is 4.31 Å². The second-order valence-electron chi connectivity index (χ2n) is 5.41. The number of aryl methyl sites for hydroxylation is 1. The van der Waals surface area contributed by atoms with Crippen LogP contribution in [0.3, 0.4) is 0 Å². The van der Waals surface area contributed by atoms with Crippen molar-refractivity contribution < 1.29 is 17.9 Å². The summed E-state index contributed by atoms with van der Waals surface area (Å²) in [7, 11) is -3.55. The molecule has 0 atom stereocenters. The Hall–Kier alpha value is -1.89. The van der Waals surface area contributed by atoms with E-state index in [1.165, 1.54) is 28.6 Å². The van der Waals surface area contributed by atoms with Crippen molar-refractivity contribution in [2.24, 2.45) is 0 Å². The average molecular weight is 382 g/mol. The average Bonchev–Trinajstić information content (AvgIpc) is 2.58. The highest BCUT2D eigenvalue weighted by atomic mass is 35.5. The molecule has 0 heterocycles. The summed E-state index contributed by atoms with van der Waals surface area (Å²) in [6, 6.07) is 10.7. The number of sulfonamides is 1. The van der Waals surface area contributed by atoms with Gasteiger partial charge in [-0.1, -0.05) is 25.4 Å². The summed E-state index contributed by atoms with van der Waals surface area (Å²) in [6.07, 6.45) is 0. The molecule has 0 fully saturated rings. The number of halogens is 1. The number of nitrogens with zero attached hydrogens (tertiary/aromatic N) is 1. The van der Waals surface area contributed by atoms with E-state index in [-0.39, 0.29) is 10.5 Å². The van der Waals surface area contributed by atoms with Gasteiger partial charge < -0.3 is 4.74 Å². The molecule has 0 spiro atoms. The maximum atomic E-state index is 12.4. The number of hydrogen-bond acceptors (Lipinski definition) is 4. The van der Waals surface area contributed by atoms with Crippen molar-refractivity contribution in [2.45, 2.75) is 25.7 Å². The zero-order chi connectivity index (χ0) is 18.6. The molecule has 134 valence electrons. The van der Waals surface area contributed by atoms with Gasteiger partial charge in [-0.3, -0.25) is 0 Å². The fourth-order valence-electron chi connectivity index (χ4n) is 2.36. The molecule has 0 aliphatic carbocycles. The summed E-state index contributed by atoms with van der Waals surface area (Å²) in [5.74, 6) is -0.147. The molecule has 0 aromatic heterocycles. The molecule has 0 saturated heterocycles. The molecule has 0 aliphatic rings. The van der Waals surface area contributed by atoms with Crippen LogP contribution in [0.5, 0.6) is 5.75 Å². The second kappa shape index (κ2) is 7.99. The topological polar surface area (TPSA) is 63.7 Å². The van der Waals surface area contributed by atoms with E-state index in [2.05, 4.69) is 0 Å². The lowest BCUT2D eigenvalue weighted by atomic mass is 10.2. The van der Waals surface area contributed by atoms with Crippen molar-refractivity contribution in [2.75, 3.05) is 13.1 Å². The van der Waals surface area contributed by atoms with Gasteiger partial charge in [0, 0.05) is 18.1 Å². The molecule has 2 rings (SSSR count). The minimum atomic E-state index is -3.55. The van der Waals surface area contributed by atoms with Crippen LogP contribution < -0.4 is 4.74 Å². The SMILES string of the molecule is CCN(CC)S(=O)(=O)c1ccc(C(=O)Oc2ccc(Cl)cc2C)cc1. The number of rotatable bonds is 6. The van der Waals surface area contributed by atoms with Gasteiger partial charge in [0.05, 0.1) is 10.5 Å². The fourth-order valence-corrected chi connectivity index (χ4v) is 4.05. The van der Waals surface area contributed by atoms with Crippen LogP contribution in [0.2, 0.25) is 5.02 Å². The summed E-state index contributed by atoms with van der Waals surface area (Å²) in [4.78, 5) is 12.4. The van der Waals surface area contributed by atoms with Crippen molar-refractivity contribution in [3.63, 3.8) is 0 Å². The van der Waals surface area contributed by atoms with Gasteiger partial charge in [-0.15, -0.1) is 0 Å². The van der Waals surface area contributed by atoms with Crippen LogP contribution in [0.4, 0.5) is 0 Å². The van der Waals surface area contributed by atoms with E-state index in [1.54, 1.807) is 39.0 Å². The van der Waals surface area contributed by atoms with Crippen molar-refractivity contribution >= 4 is 27.6 Å². The Labute approximate surface area is 153 Å². The summed E-state index contributed by atoms with van der Waals surface area (Å²) < 4.78 is 31.6. The van der Waals surface area contributed by atoms with Crippen LogP contribution >= 0.6 is 11.6 Å². The van der Waals surface area contributed by atoms with Crippen LogP contribution in [0.15, 0.2) is 47.4 Å². The Morgan fingerprint density at radius 1 is 1.08 bits per heavy atom. The number of benzene rings is 2. The first-order valence-corrected chi connectivity index (χ1v) is 9.70. The first kappa shape index (κ1) is 19.4. The monoisotopic (exact) mass is 381 g/mol. The van der Waals surface area contributed by atoms with E-state index in [9.17, 15) is 13.2 Å². The van der Waals surface area contributed by atoms with Crippen molar-refractivity contribution in [1.29, 1.82) is 0 Å². The quantitative estimate of drug-likeness (QED) is 0.562. The van der Waals surface area contributed by atoms with E-state index in [1.807, 2.05) is 0 Å². The molecule has 0 saturated carbocycles. The van der Waals surface area contributed by atoms with Crippen molar-refractivity contribution in [3.05, 3.63) is 58.6 Å². The minimum absolute atomic E-state index is 0.149. The lowest BCUT2D eigenvalue weighted by Gasteiger charge is -2.18. The summed E-state index contributed by atoms with van der Waals surface area (Å²) in [5, 5.41) is 0.559. The van der Waals surface area contributed by atoms with E-state index in [0.29, 0.717) is 23.9 Å². The van der Waals surface area contributed by atoms with Gasteiger partial charge >= 0.3 is 5.97 Å². The Morgan fingerprint density at radius 2 is 1.68 bits per heavy atom. The molecule has 0 radical (unpaired) electrons. The maximum Gasteiger partial charge on any atom is 0.343 e. The van der Waals surface area contributed by atoms with E-state index in [4.69, 9.17) is 16.3 Å². The summed E-state index contributed by atoms with van der Waals surface area (Å²) >= 11 is 5.88. The van der Waals surface area contributed by atoms with Crippen LogP contribution in [0, 0.1) is 6.92 Å². The van der Waals surface area contributed by atoms with Gasteiger partial charge in [-0.05, 0) is 55.0 Å². The highest BCUT2D eigenvalue weighted by Crippen LogP contribution is 2.23. The number of hydrogen-bond donors (Lipinski definition) is 0. The van der Waals surface area contributed by atoms with E-state index < -0.39 is 16.0 Å². The van der Waals surface area contributed by atoms with Crippen LogP contribution in [0.25, 0.3) is 0 Å². The highest BCUT2D eigenvalue weighted by molar-refractivity contribution is 7.89. The zero-order valence-electron chi connectivity index (χ0n) is 14.3. The molecular weight excluding hydrogens is 362 g/mol. The van der Waals surface area contributed by atoms with Crippen LogP contribution in [-0.4, -0.2) is 31.8 Å².